The first kappa shape index (κ1) is 17.3. The van der Waals surface area contributed by atoms with E-state index in [0.717, 1.165) is 12.0 Å². The molecule has 1 aromatic carbocycles. The SMILES string of the molecule is CCC(C)(C)c1ccc(O)c(NS(=O)(=O)c2c(C)noc2C)c1. The number of aromatic nitrogens is 1. The monoisotopic (exact) mass is 338 g/mol. The average molecular weight is 338 g/mol. The Hall–Kier alpha value is -2.02. The van der Waals surface area contributed by atoms with E-state index in [-0.39, 0.29) is 33.2 Å². The molecule has 0 radical (unpaired) electrons. The van der Waals surface area contributed by atoms with E-state index < -0.39 is 10.0 Å². The fourth-order valence-corrected chi connectivity index (χ4v) is 3.69. The maximum Gasteiger partial charge on any atom is 0.267 e. The van der Waals surface area contributed by atoms with Crippen molar-refractivity contribution < 1.29 is 18.0 Å². The van der Waals surface area contributed by atoms with Gasteiger partial charge in [-0.25, -0.2) is 8.42 Å². The van der Waals surface area contributed by atoms with Gasteiger partial charge in [-0.15, -0.1) is 0 Å². The molecule has 126 valence electrons. The van der Waals surface area contributed by atoms with Gasteiger partial charge in [0.05, 0.1) is 5.69 Å². The predicted molar refractivity (Wildman–Crippen MR) is 88.2 cm³/mol. The molecule has 0 aliphatic carbocycles. The lowest BCUT2D eigenvalue weighted by atomic mass is 9.82. The first-order valence-corrected chi connectivity index (χ1v) is 8.86. The Labute approximate surface area is 136 Å². The normalized spacial score (nSPS) is 12.4. The number of aromatic hydroxyl groups is 1. The van der Waals surface area contributed by atoms with E-state index >= 15 is 0 Å². The number of phenols is 1. The minimum absolute atomic E-state index is 0.00273. The molecule has 6 nitrogen and oxygen atoms in total. The van der Waals surface area contributed by atoms with Crippen LogP contribution in [0.25, 0.3) is 0 Å². The van der Waals surface area contributed by atoms with Crippen LogP contribution in [-0.2, 0) is 15.4 Å². The van der Waals surface area contributed by atoms with Crippen LogP contribution in [0.3, 0.4) is 0 Å². The summed E-state index contributed by atoms with van der Waals surface area (Å²) in [6.07, 6.45) is 0.883. The molecule has 23 heavy (non-hydrogen) atoms. The molecule has 0 saturated heterocycles. The molecule has 0 fully saturated rings. The van der Waals surface area contributed by atoms with Crippen molar-refractivity contribution in [1.82, 2.24) is 5.16 Å². The van der Waals surface area contributed by atoms with Gasteiger partial charge in [0, 0.05) is 0 Å². The highest BCUT2D eigenvalue weighted by Crippen LogP contribution is 2.34. The average Bonchev–Trinajstić information content (AvgIpc) is 2.80. The number of rotatable bonds is 5. The van der Waals surface area contributed by atoms with Gasteiger partial charge < -0.3 is 9.63 Å². The van der Waals surface area contributed by atoms with Gasteiger partial charge >= 0.3 is 0 Å². The molecule has 0 aliphatic heterocycles. The Balaban J connectivity index is 2.46. The summed E-state index contributed by atoms with van der Waals surface area (Å²) in [7, 11) is -3.89. The summed E-state index contributed by atoms with van der Waals surface area (Å²) in [5.41, 5.74) is 1.23. The molecule has 1 aromatic heterocycles. The minimum Gasteiger partial charge on any atom is -0.506 e. The maximum absolute atomic E-state index is 12.6. The molecule has 2 rings (SSSR count). The van der Waals surface area contributed by atoms with Gasteiger partial charge in [-0.3, -0.25) is 4.72 Å². The van der Waals surface area contributed by atoms with Crippen molar-refractivity contribution in [2.24, 2.45) is 0 Å². The smallest absolute Gasteiger partial charge is 0.267 e. The van der Waals surface area contributed by atoms with E-state index in [1.807, 2.05) is 0 Å². The lowest BCUT2D eigenvalue weighted by Crippen LogP contribution is -2.18. The number of benzene rings is 1. The Morgan fingerprint density at radius 1 is 1.30 bits per heavy atom. The van der Waals surface area contributed by atoms with Crippen LogP contribution in [0, 0.1) is 13.8 Å². The molecule has 0 amide bonds. The molecule has 0 unspecified atom stereocenters. The summed E-state index contributed by atoms with van der Waals surface area (Å²) in [5.74, 6) is 0.0792. The largest absolute Gasteiger partial charge is 0.506 e. The summed E-state index contributed by atoms with van der Waals surface area (Å²) < 4.78 is 32.5. The second kappa shape index (κ2) is 5.88. The van der Waals surface area contributed by atoms with Gasteiger partial charge in [-0.1, -0.05) is 32.0 Å². The highest BCUT2D eigenvalue weighted by molar-refractivity contribution is 7.92. The van der Waals surface area contributed by atoms with Crippen molar-refractivity contribution in [3.63, 3.8) is 0 Å². The zero-order chi connectivity index (χ0) is 17.4. The maximum atomic E-state index is 12.6. The molecule has 2 aromatic rings. The summed E-state index contributed by atoms with van der Waals surface area (Å²) >= 11 is 0. The second-order valence-corrected chi connectivity index (χ2v) is 7.85. The zero-order valence-electron chi connectivity index (χ0n) is 14.0. The third-order valence-electron chi connectivity index (χ3n) is 4.14. The van der Waals surface area contributed by atoms with Crippen LogP contribution in [0.15, 0.2) is 27.6 Å². The van der Waals surface area contributed by atoms with Crippen molar-refractivity contribution >= 4 is 15.7 Å². The van der Waals surface area contributed by atoms with E-state index in [1.165, 1.54) is 13.0 Å². The number of aryl methyl sites for hydroxylation is 2. The van der Waals surface area contributed by atoms with E-state index in [9.17, 15) is 13.5 Å². The van der Waals surface area contributed by atoms with Crippen LogP contribution < -0.4 is 4.72 Å². The Kier molecular flexibility index (Phi) is 4.43. The minimum atomic E-state index is -3.89. The van der Waals surface area contributed by atoms with Gasteiger partial charge in [-0.05, 0) is 43.4 Å². The highest BCUT2D eigenvalue weighted by Gasteiger charge is 2.26. The molecule has 0 bridgehead atoms. The molecule has 1 heterocycles. The van der Waals surface area contributed by atoms with Gasteiger partial charge in [0.15, 0.2) is 10.7 Å². The summed E-state index contributed by atoms with van der Waals surface area (Å²) in [6, 6.07) is 4.96. The second-order valence-electron chi connectivity index (χ2n) is 6.23. The highest BCUT2D eigenvalue weighted by atomic mass is 32.2. The fourth-order valence-electron chi connectivity index (χ4n) is 2.30. The number of phenolic OH excluding ortho intramolecular Hbond substituents is 1. The van der Waals surface area contributed by atoms with Crippen molar-refractivity contribution in [2.45, 2.75) is 51.3 Å². The molecule has 0 saturated carbocycles. The first-order chi connectivity index (χ1) is 10.6. The van der Waals surface area contributed by atoms with Crippen LogP contribution in [-0.4, -0.2) is 18.7 Å². The van der Waals surface area contributed by atoms with Crippen LogP contribution >= 0.6 is 0 Å². The number of nitrogens with zero attached hydrogens (tertiary/aromatic N) is 1. The number of sulfonamides is 1. The Morgan fingerprint density at radius 3 is 2.48 bits per heavy atom. The third kappa shape index (κ3) is 3.34. The number of hydrogen-bond donors (Lipinski definition) is 2. The standard InChI is InChI=1S/C16H22N2O4S/c1-6-16(4,5)12-7-8-14(19)13(9-12)18-23(20,21)15-10(2)17-22-11(15)3/h7-9,18-19H,6H2,1-5H3. The lowest BCUT2D eigenvalue weighted by molar-refractivity contribution is 0.390. The van der Waals surface area contributed by atoms with Crippen LogP contribution in [0.1, 0.15) is 44.2 Å². The zero-order valence-corrected chi connectivity index (χ0v) is 14.8. The number of hydrogen-bond acceptors (Lipinski definition) is 5. The Morgan fingerprint density at radius 2 is 1.96 bits per heavy atom. The first-order valence-electron chi connectivity index (χ1n) is 7.37. The van der Waals surface area contributed by atoms with Gasteiger partial charge in [0.1, 0.15) is 11.4 Å². The topological polar surface area (TPSA) is 92.4 Å². The van der Waals surface area contributed by atoms with Crippen LogP contribution in [0.2, 0.25) is 0 Å². The summed E-state index contributed by atoms with van der Waals surface area (Å²) in [4.78, 5) is -0.00273. The van der Waals surface area contributed by atoms with E-state index in [1.54, 1.807) is 19.1 Å². The fraction of sp³-hybridized carbons (Fsp3) is 0.438. The summed E-state index contributed by atoms with van der Waals surface area (Å²) in [5, 5.41) is 13.7. The van der Waals surface area contributed by atoms with Gasteiger partial charge in [0.25, 0.3) is 10.0 Å². The van der Waals surface area contributed by atoms with Crippen molar-refractivity contribution in [3.05, 3.63) is 35.2 Å². The molecular weight excluding hydrogens is 316 g/mol. The molecule has 0 spiro atoms. The Bertz CT molecular complexity index is 803. The van der Waals surface area contributed by atoms with E-state index in [4.69, 9.17) is 4.52 Å². The quantitative estimate of drug-likeness (QED) is 0.814. The van der Waals surface area contributed by atoms with E-state index in [2.05, 4.69) is 30.6 Å². The van der Waals surface area contributed by atoms with E-state index in [0.29, 0.717) is 0 Å². The molecule has 0 atom stereocenters. The van der Waals surface area contributed by atoms with Crippen molar-refractivity contribution in [1.29, 1.82) is 0 Å². The lowest BCUT2D eigenvalue weighted by Gasteiger charge is -2.24. The molecule has 2 N–H and O–H groups in total. The summed E-state index contributed by atoms with van der Waals surface area (Å²) in [6.45, 7) is 9.27. The van der Waals surface area contributed by atoms with Crippen molar-refractivity contribution in [3.8, 4) is 5.75 Å². The van der Waals surface area contributed by atoms with Crippen LogP contribution in [0.5, 0.6) is 5.75 Å². The number of anilines is 1. The van der Waals surface area contributed by atoms with Crippen molar-refractivity contribution in [2.75, 3.05) is 4.72 Å². The number of nitrogens with one attached hydrogen (secondary N) is 1. The molecular formula is C16H22N2O4S. The van der Waals surface area contributed by atoms with Gasteiger partial charge in [-0.2, -0.15) is 0 Å². The van der Waals surface area contributed by atoms with Gasteiger partial charge in [0.2, 0.25) is 0 Å². The van der Waals surface area contributed by atoms with Crippen LogP contribution in [0.4, 0.5) is 5.69 Å². The predicted octanol–water partition coefficient (Wildman–Crippen LogP) is 3.49. The third-order valence-corrected chi connectivity index (χ3v) is 5.75. The molecule has 7 heteroatoms. The molecule has 0 aliphatic rings.